The molecule has 2 unspecified atom stereocenters. The third-order valence-corrected chi connectivity index (χ3v) is 18.5. The Kier molecular flexibility index (Phi) is 20.8. The summed E-state index contributed by atoms with van der Waals surface area (Å²) in [5, 5.41) is 3.32. The minimum Gasteiger partial charge on any atom is -0.462 e. The van der Waals surface area contributed by atoms with Gasteiger partial charge in [0.1, 0.15) is 13.2 Å². The van der Waals surface area contributed by atoms with Crippen LogP contribution in [0.2, 0.25) is 51.4 Å². The van der Waals surface area contributed by atoms with Gasteiger partial charge < -0.3 is 23.0 Å². The maximum absolute atomic E-state index is 13.3. The fourth-order valence-corrected chi connectivity index (χ4v) is 20.5. The minimum absolute atomic E-state index is 0. The number of rotatable bonds is 17. The zero-order valence-electron chi connectivity index (χ0n) is 27.9. The molecule has 262 valence electrons. The molecule has 1 aliphatic carbocycles. The first kappa shape index (κ1) is 47.1. The molecule has 11 heteroatoms. The third kappa shape index (κ3) is 19.3. The van der Waals surface area contributed by atoms with Crippen molar-refractivity contribution >= 4 is 43.0 Å². The fraction of sp³-hybridized carbons (Fsp3) is 0.848. The lowest BCUT2D eigenvalue weighted by Crippen LogP contribution is -2.54. The molecule has 1 N–H and O–H groups in total. The number of unbranched alkanes of at least 4 members (excludes halogenated alkanes) is 1. The van der Waals surface area contributed by atoms with Crippen LogP contribution in [0.3, 0.4) is 0 Å². The molecule has 0 radical (unpaired) electrons. The summed E-state index contributed by atoms with van der Waals surface area (Å²) in [6.07, 6.45) is 5.98. The highest BCUT2D eigenvalue weighted by Gasteiger charge is 2.43. The average molecular weight is 678 g/mol. The van der Waals surface area contributed by atoms with Crippen LogP contribution in [-0.4, -0.2) is 62.3 Å². The Morgan fingerprint density at radius 2 is 1.43 bits per heavy atom. The van der Waals surface area contributed by atoms with Crippen molar-refractivity contribution < 1.29 is 32.1 Å². The maximum Gasteiger partial charge on any atom is 0.333 e. The molecule has 0 bridgehead atoms. The predicted octanol–water partition coefficient (Wildman–Crippen LogP) is 8.98. The Labute approximate surface area is 275 Å². The smallest absolute Gasteiger partial charge is 0.333 e. The van der Waals surface area contributed by atoms with Gasteiger partial charge in [0.15, 0.2) is 16.6 Å². The minimum atomic E-state index is -2.36. The first-order chi connectivity index (χ1) is 18.6. The molecule has 1 fully saturated rings. The number of amides is 1. The molecular weight excluding hydrogens is 607 g/mol. The molecule has 0 heterocycles. The summed E-state index contributed by atoms with van der Waals surface area (Å²) in [5.41, 5.74) is 0.241. The lowest BCUT2D eigenvalue weighted by Gasteiger charge is -2.47. The predicted molar refractivity (Wildman–Crippen MR) is 193 cm³/mol. The lowest BCUT2D eigenvalue weighted by atomic mass is 9.61. The van der Waals surface area contributed by atoms with E-state index in [2.05, 4.69) is 78.9 Å². The fourth-order valence-electron chi connectivity index (χ4n) is 6.52. The summed E-state index contributed by atoms with van der Waals surface area (Å²) < 4.78 is 23.5. The molecular formula is C33H71NO7Si3. The Bertz CT molecular complexity index is 921. The number of hydrogen-bond acceptors (Lipinski definition) is 7. The van der Waals surface area contributed by atoms with E-state index in [0.29, 0.717) is 18.0 Å². The highest BCUT2D eigenvalue weighted by atomic mass is 28.5. The van der Waals surface area contributed by atoms with Gasteiger partial charge in [0.05, 0.1) is 0 Å². The highest BCUT2D eigenvalue weighted by molar-refractivity contribution is 6.88. The van der Waals surface area contributed by atoms with Crippen LogP contribution in [0.5, 0.6) is 0 Å². The normalized spacial score (nSPS) is 19.8. The van der Waals surface area contributed by atoms with E-state index in [-0.39, 0.29) is 70.7 Å². The highest BCUT2D eigenvalue weighted by Crippen LogP contribution is 2.48. The first-order valence-electron chi connectivity index (χ1n) is 15.3. The van der Waals surface area contributed by atoms with Gasteiger partial charge in [0, 0.05) is 24.1 Å². The second kappa shape index (κ2) is 19.4. The topological polar surface area (TPSA) is 100 Å². The van der Waals surface area contributed by atoms with E-state index in [1.807, 2.05) is 0 Å². The van der Waals surface area contributed by atoms with E-state index in [0.717, 1.165) is 25.3 Å². The van der Waals surface area contributed by atoms with Gasteiger partial charge in [-0.05, 0) is 88.8 Å². The largest absolute Gasteiger partial charge is 0.462 e. The van der Waals surface area contributed by atoms with Gasteiger partial charge in [0.25, 0.3) is 0 Å². The molecule has 44 heavy (non-hydrogen) atoms. The molecule has 0 aromatic rings. The molecule has 1 saturated carbocycles. The SMILES string of the molecule is C.C.C.C=C(C)C(=O)OCCOC(=O)CCC1(C)CC(NC(=O)C[Si](C)(C)O[Si](C)(C)O[Si](C)(C)CCCC)CC(C)(C)C1. The van der Waals surface area contributed by atoms with Crippen LogP contribution in [0.15, 0.2) is 12.2 Å². The van der Waals surface area contributed by atoms with Crippen molar-refractivity contribution in [3.63, 3.8) is 0 Å². The molecule has 0 aliphatic heterocycles. The maximum atomic E-state index is 13.3. The number of carbonyl (C=O) groups excluding carboxylic acids is 3. The molecule has 0 spiro atoms. The van der Waals surface area contributed by atoms with Crippen LogP contribution < -0.4 is 5.32 Å². The summed E-state index contributed by atoms with van der Waals surface area (Å²) in [6.45, 7) is 27.0. The van der Waals surface area contributed by atoms with Crippen molar-refractivity contribution in [3.8, 4) is 0 Å². The average Bonchev–Trinajstić information content (AvgIpc) is 2.75. The van der Waals surface area contributed by atoms with Gasteiger partial charge in [0.2, 0.25) is 5.91 Å². The standard InChI is InChI=1S/C30H59NO7Si3.3CH4/c1-13-14-19-39(7,8)37-41(11,12)38-40(9,10)22-26(32)31-25-20-29(4,5)23-30(6,21-25)16-15-27(33)35-17-18-36-28(34)24(2)3;;;/h25H,2,13-23H2,1,3-12H3,(H,31,32);3*1H4. The molecule has 0 saturated heterocycles. The first-order valence-corrected chi connectivity index (χ1v) is 24.3. The van der Waals surface area contributed by atoms with Gasteiger partial charge >= 0.3 is 20.5 Å². The van der Waals surface area contributed by atoms with E-state index in [1.54, 1.807) is 6.92 Å². The van der Waals surface area contributed by atoms with E-state index in [1.165, 1.54) is 12.8 Å². The van der Waals surface area contributed by atoms with Crippen LogP contribution in [0, 0.1) is 10.8 Å². The number of esters is 2. The van der Waals surface area contributed by atoms with Gasteiger partial charge in [-0.1, -0.05) is 69.4 Å². The summed E-state index contributed by atoms with van der Waals surface area (Å²) in [4.78, 5) is 37.1. The number of hydrogen-bond donors (Lipinski definition) is 1. The van der Waals surface area contributed by atoms with E-state index >= 15 is 0 Å². The summed E-state index contributed by atoms with van der Waals surface area (Å²) in [5.74, 6) is -0.750. The van der Waals surface area contributed by atoms with Crippen molar-refractivity contribution in [2.75, 3.05) is 13.2 Å². The van der Waals surface area contributed by atoms with E-state index in [9.17, 15) is 14.4 Å². The Balaban J connectivity index is -0.00000560. The van der Waals surface area contributed by atoms with Gasteiger partial charge in [-0.25, -0.2) is 4.79 Å². The van der Waals surface area contributed by atoms with Crippen molar-refractivity contribution in [2.24, 2.45) is 10.8 Å². The van der Waals surface area contributed by atoms with Crippen LogP contribution in [0.1, 0.15) is 102 Å². The van der Waals surface area contributed by atoms with Crippen molar-refractivity contribution in [1.29, 1.82) is 0 Å². The Morgan fingerprint density at radius 1 is 0.886 bits per heavy atom. The van der Waals surface area contributed by atoms with Crippen molar-refractivity contribution in [1.82, 2.24) is 5.32 Å². The third-order valence-electron chi connectivity index (χ3n) is 7.43. The number of carbonyl (C=O) groups is 3. The molecule has 2 atom stereocenters. The zero-order chi connectivity index (χ0) is 31.7. The van der Waals surface area contributed by atoms with E-state index in [4.69, 9.17) is 17.7 Å². The summed E-state index contributed by atoms with van der Waals surface area (Å²) in [6, 6.07) is 1.57. The summed E-state index contributed by atoms with van der Waals surface area (Å²) >= 11 is 0. The molecule has 1 rings (SSSR count). The second-order valence-corrected chi connectivity index (χ2v) is 27.2. The quantitative estimate of drug-likeness (QED) is 0.0710. The van der Waals surface area contributed by atoms with Crippen molar-refractivity contribution in [2.45, 2.75) is 159 Å². The number of ether oxygens (including phenoxy) is 2. The lowest BCUT2D eigenvalue weighted by molar-refractivity contribution is -0.150. The van der Waals surface area contributed by atoms with Gasteiger partial charge in [-0.15, -0.1) is 0 Å². The summed E-state index contributed by atoms with van der Waals surface area (Å²) in [7, 11) is -6.46. The second-order valence-electron chi connectivity index (χ2n) is 14.9. The molecule has 1 aliphatic rings. The number of nitrogens with one attached hydrogen (secondary N) is 1. The van der Waals surface area contributed by atoms with Gasteiger partial charge in [-0.2, -0.15) is 0 Å². The van der Waals surface area contributed by atoms with Crippen LogP contribution in [0.25, 0.3) is 0 Å². The molecule has 0 aromatic carbocycles. The van der Waals surface area contributed by atoms with E-state index < -0.39 is 31.2 Å². The zero-order valence-corrected chi connectivity index (χ0v) is 30.9. The van der Waals surface area contributed by atoms with Crippen LogP contribution >= 0.6 is 0 Å². The molecule has 0 aromatic heterocycles. The molecule has 8 nitrogen and oxygen atoms in total. The Morgan fingerprint density at radius 3 is 1.98 bits per heavy atom. The Hall–Kier alpha value is -1.28. The van der Waals surface area contributed by atoms with Gasteiger partial charge in [-0.3, -0.25) is 9.59 Å². The van der Waals surface area contributed by atoms with Crippen molar-refractivity contribution in [3.05, 3.63) is 12.2 Å². The monoisotopic (exact) mass is 677 g/mol. The molecule has 1 amide bonds. The van der Waals surface area contributed by atoms with Crippen LogP contribution in [-0.2, 0) is 32.1 Å². The van der Waals surface area contributed by atoms with Crippen LogP contribution in [0.4, 0.5) is 0 Å².